The summed E-state index contributed by atoms with van der Waals surface area (Å²) in [6.07, 6.45) is 5.40. The summed E-state index contributed by atoms with van der Waals surface area (Å²) in [5.74, 6) is -0.00702. The zero-order chi connectivity index (χ0) is 14.5. The Labute approximate surface area is 127 Å². The van der Waals surface area contributed by atoms with E-state index >= 15 is 0 Å². The van der Waals surface area contributed by atoms with Gasteiger partial charge >= 0.3 is 0 Å². The van der Waals surface area contributed by atoms with Gasteiger partial charge in [-0.15, -0.1) is 11.3 Å². The van der Waals surface area contributed by atoms with Crippen LogP contribution in [0.15, 0.2) is 29.8 Å². The molecule has 1 N–H and O–H groups in total. The van der Waals surface area contributed by atoms with Crippen molar-refractivity contribution in [2.24, 2.45) is 0 Å². The fourth-order valence-corrected chi connectivity index (χ4v) is 3.03. The third-order valence-electron chi connectivity index (χ3n) is 3.40. The number of pyridine rings is 1. The summed E-state index contributed by atoms with van der Waals surface area (Å²) in [4.78, 5) is 20.5. The second-order valence-corrected chi connectivity index (χ2v) is 5.83. The standard InChI is InChI=1S/C15H17N3O2S/c19-14(7-6-11-4-3-9-20-11)18-15-17-13(10-21-15)12-5-1-2-8-16-12/h1-2,5,8,10-11H,3-4,6-7,9H2,(H,17,18,19)/t11-/m0/s1. The number of aromatic nitrogens is 2. The van der Waals surface area contributed by atoms with E-state index in [-0.39, 0.29) is 12.0 Å². The normalized spacial score (nSPS) is 17.8. The van der Waals surface area contributed by atoms with Gasteiger partial charge in [-0.3, -0.25) is 9.78 Å². The summed E-state index contributed by atoms with van der Waals surface area (Å²) in [5, 5.41) is 5.36. The predicted octanol–water partition coefficient (Wildman–Crippen LogP) is 3.10. The number of carbonyl (C=O) groups is 1. The predicted molar refractivity (Wildman–Crippen MR) is 82.2 cm³/mol. The molecule has 0 aliphatic carbocycles. The highest BCUT2D eigenvalue weighted by molar-refractivity contribution is 7.14. The Bertz CT molecular complexity index is 594. The van der Waals surface area contributed by atoms with Crippen molar-refractivity contribution in [3.8, 4) is 11.4 Å². The second kappa shape index (κ2) is 6.78. The van der Waals surface area contributed by atoms with E-state index in [4.69, 9.17) is 4.74 Å². The molecule has 2 aromatic heterocycles. The van der Waals surface area contributed by atoms with E-state index in [1.807, 2.05) is 23.6 Å². The molecule has 21 heavy (non-hydrogen) atoms. The first kappa shape index (κ1) is 14.2. The van der Waals surface area contributed by atoms with Gasteiger partial charge in [0.15, 0.2) is 5.13 Å². The summed E-state index contributed by atoms with van der Waals surface area (Å²) in [7, 11) is 0. The van der Waals surface area contributed by atoms with Gasteiger partial charge in [0.2, 0.25) is 5.91 Å². The number of amides is 1. The minimum atomic E-state index is -0.00702. The molecule has 3 heterocycles. The Hall–Kier alpha value is -1.79. The Morgan fingerprint density at radius 3 is 3.14 bits per heavy atom. The largest absolute Gasteiger partial charge is 0.378 e. The number of hydrogen-bond donors (Lipinski definition) is 1. The van der Waals surface area contributed by atoms with Gasteiger partial charge in [0, 0.05) is 24.6 Å². The number of nitrogens with one attached hydrogen (secondary N) is 1. The summed E-state index contributed by atoms with van der Waals surface area (Å²) in [5.41, 5.74) is 1.60. The molecule has 0 spiro atoms. The monoisotopic (exact) mass is 303 g/mol. The fraction of sp³-hybridized carbons (Fsp3) is 0.400. The number of nitrogens with zero attached hydrogens (tertiary/aromatic N) is 2. The number of thiazole rings is 1. The van der Waals surface area contributed by atoms with Crippen molar-refractivity contribution in [3.05, 3.63) is 29.8 Å². The molecule has 6 heteroatoms. The van der Waals surface area contributed by atoms with Crippen LogP contribution in [0.25, 0.3) is 11.4 Å². The van der Waals surface area contributed by atoms with Crippen LogP contribution in [0.5, 0.6) is 0 Å². The number of hydrogen-bond acceptors (Lipinski definition) is 5. The molecule has 1 saturated heterocycles. The molecule has 1 aliphatic heterocycles. The molecule has 1 aliphatic rings. The van der Waals surface area contributed by atoms with Gasteiger partial charge in [0.1, 0.15) is 5.69 Å². The highest BCUT2D eigenvalue weighted by Crippen LogP contribution is 2.23. The fourth-order valence-electron chi connectivity index (χ4n) is 2.31. The third-order valence-corrected chi connectivity index (χ3v) is 4.15. The topological polar surface area (TPSA) is 64.1 Å². The van der Waals surface area contributed by atoms with Crippen molar-refractivity contribution in [1.82, 2.24) is 9.97 Å². The number of carbonyl (C=O) groups excluding carboxylic acids is 1. The van der Waals surface area contributed by atoms with Crippen LogP contribution in [0.4, 0.5) is 5.13 Å². The number of ether oxygens (including phenoxy) is 1. The quantitative estimate of drug-likeness (QED) is 0.922. The van der Waals surface area contributed by atoms with Crippen LogP contribution >= 0.6 is 11.3 Å². The van der Waals surface area contributed by atoms with E-state index in [0.29, 0.717) is 11.6 Å². The molecule has 1 amide bonds. The first-order valence-electron chi connectivity index (χ1n) is 7.09. The van der Waals surface area contributed by atoms with Crippen molar-refractivity contribution >= 4 is 22.4 Å². The average molecular weight is 303 g/mol. The number of anilines is 1. The lowest BCUT2D eigenvalue weighted by molar-refractivity contribution is -0.116. The first-order valence-corrected chi connectivity index (χ1v) is 7.97. The van der Waals surface area contributed by atoms with Crippen LogP contribution < -0.4 is 5.32 Å². The van der Waals surface area contributed by atoms with E-state index < -0.39 is 0 Å². The van der Waals surface area contributed by atoms with Crippen molar-refractivity contribution < 1.29 is 9.53 Å². The van der Waals surface area contributed by atoms with Gasteiger partial charge < -0.3 is 10.1 Å². The molecular formula is C15H17N3O2S. The van der Waals surface area contributed by atoms with E-state index in [9.17, 15) is 4.79 Å². The van der Waals surface area contributed by atoms with Crippen LogP contribution in [-0.2, 0) is 9.53 Å². The Balaban J connectivity index is 1.53. The zero-order valence-corrected chi connectivity index (χ0v) is 12.4. The molecule has 5 nitrogen and oxygen atoms in total. The molecule has 1 atom stereocenters. The maximum absolute atomic E-state index is 11.9. The zero-order valence-electron chi connectivity index (χ0n) is 11.6. The highest BCUT2D eigenvalue weighted by Gasteiger charge is 2.17. The molecule has 0 radical (unpaired) electrons. The maximum atomic E-state index is 11.9. The molecule has 2 aromatic rings. The first-order chi connectivity index (χ1) is 10.3. The molecule has 3 rings (SSSR count). The van der Waals surface area contributed by atoms with Gasteiger partial charge in [-0.1, -0.05) is 6.07 Å². The molecule has 0 unspecified atom stereocenters. The summed E-state index contributed by atoms with van der Waals surface area (Å²) >= 11 is 1.42. The molecule has 110 valence electrons. The Morgan fingerprint density at radius 2 is 2.38 bits per heavy atom. The van der Waals surface area contributed by atoms with Crippen molar-refractivity contribution in [2.45, 2.75) is 31.8 Å². The second-order valence-electron chi connectivity index (χ2n) is 4.97. The average Bonchev–Trinajstić information content (AvgIpc) is 3.17. The van der Waals surface area contributed by atoms with Crippen LogP contribution in [0, 0.1) is 0 Å². The van der Waals surface area contributed by atoms with Gasteiger partial charge in [-0.25, -0.2) is 4.98 Å². The number of rotatable bonds is 5. The van der Waals surface area contributed by atoms with Crippen molar-refractivity contribution in [2.75, 3.05) is 11.9 Å². The summed E-state index contributed by atoms with van der Waals surface area (Å²) < 4.78 is 5.51. The maximum Gasteiger partial charge on any atom is 0.226 e. The van der Waals surface area contributed by atoms with Crippen LogP contribution in [0.3, 0.4) is 0 Å². The Morgan fingerprint density at radius 1 is 1.43 bits per heavy atom. The van der Waals surface area contributed by atoms with Crippen LogP contribution in [-0.4, -0.2) is 28.6 Å². The molecule has 0 saturated carbocycles. The Kier molecular flexibility index (Phi) is 4.57. The lowest BCUT2D eigenvalue weighted by Crippen LogP contribution is -2.15. The third kappa shape index (κ3) is 3.86. The van der Waals surface area contributed by atoms with Gasteiger partial charge in [0.25, 0.3) is 0 Å². The van der Waals surface area contributed by atoms with E-state index in [1.165, 1.54) is 11.3 Å². The van der Waals surface area contributed by atoms with Crippen molar-refractivity contribution in [1.29, 1.82) is 0 Å². The summed E-state index contributed by atoms with van der Waals surface area (Å²) in [6, 6.07) is 5.68. The minimum Gasteiger partial charge on any atom is -0.378 e. The SMILES string of the molecule is O=C(CC[C@@H]1CCCO1)Nc1nc(-c2ccccn2)cs1. The summed E-state index contributed by atoms with van der Waals surface area (Å²) in [6.45, 7) is 0.826. The van der Waals surface area contributed by atoms with Crippen molar-refractivity contribution in [3.63, 3.8) is 0 Å². The van der Waals surface area contributed by atoms with Gasteiger partial charge in [0.05, 0.1) is 11.8 Å². The van der Waals surface area contributed by atoms with Crippen LogP contribution in [0.1, 0.15) is 25.7 Å². The minimum absolute atomic E-state index is 0.00702. The highest BCUT2D eigenvalue weighted by atomic mass is 32.1. The van der Waals surface area contributed by atoms with E-state index in [1.54, 1.807) is 6.20 Å². The lowest BCUT2D eigenvalue weighted by atomic mass is 10.1. The molecule has 0 bridgehead atoms. The van der Waals surface area contributed by atoms with Gasteiger partial charge in [-0.2, -0.15) is 0 Å². The lowest BCUT2D eigenvalue weighted by Gasteiger charge is -2.07. The molecular weight excluding hydrogens is 286 g/mol. The van der Waals surface area contributed by atoms with Gasteiger partial charge in [-0.05, 0) is 31.4 Å². The smallest absolute Gasteiger partial charge is 0.226 e. The van der Waals surface area contributed by atoms with Crippen LogP contribution in [0.2, 0.25) is 0 Å². The van der Waals surface area contributed by atoms with E-state index in [0.717, 1.165) is 37.3 Å². The molecule has 0 aromatic carbocycles. The van der Waals surface area contributed by atoms with E-state index in [2.05, 4.69) is 15.3 Å². The molecule has 1 fully saturated rings.